The number of hydrogen-bond donors (Lipinski definition) is 2. The minimum absolute atomic E-state index is 0.115. The van der Waals surface area contributed by atoms with Gasteiger partial charge in [0.15, 0.2) is 0 Å². The summed E-state index contributed by atoms with van der Waals surface area (Å²) in [4.78, 5) is 24.4. The van der Waals surface area contributed by atoms with E-state index in [2.05, 4.69) is 10.6 Å². The Morgan fingerprint density at radius 1 is 1.12 bits per heavy atom. The smallest absolute Gasteiger partial charge is 0.408 e. The molecule has 1 aliphatic heterocycles. The van der Waals surface area contributed by atoms with Gasteiger partial charge in [0.1, 0.15) is 5.60 Å². The minimum Gasteiger partial charge on any atom is -0.444 e. The molecule has 0 aromatic carbocycles. The zero-order valence-corrected chi connectivity index (χ0v) is 20.8. The molecular weight excluding hydrogens is 420 g/mol. The fraction of sp³-hybridized carbons (Fsp3) is 0.826. The number of nitrogens with one attached hydrogen (secondary N) is 2. The standard InChI is InChI=1S/C23H40F2N3O4/c1-15(2)12-16(27-19(30)32-20(3,4)5)10-11-23(24,25)18(29)26-17-13-21(6,7)28(31)22(8,9)14-17/h10-11,15-17H,12-14H2,1-9H3,(H,26,29)(H,27,30)/b11-10+/t16-/m1/s1. The molecule has 1 atom stereocenters. The second-order valence-electron chi connectivity index (χ2n) is 11.4. The Kier molecular flexibility index (Phi) is 8.87. The molecule has 0 spiro atoms. The van der Waals surface area contributed by atoms with Gasteiger partial charge in [0.05, 0.1) is 6.04 Å². The molecule has 1 heterocycles. The Balaban J connectivity index is 2.88. The maximum Gasteiger partial charge on any atom is 0.408 e. The highest BCUT2D eigenvalue weighted by Gasteiger charge is 2.48. The summed E-state index contributed by atoms with van der Waals surface area (Å²) in [5.74, 6) is -5.08. The van der Waals surface area contributed by atoms with E-state index in [1.165, 1.54) is 0 Å². The van der Waals surface area contributed by atoms with Crippen LogP contribution in [0.5, 0.6) is 0 Å². The van der Waals surface area contributed by atoms with Crippen LogP contribution in [-0.4, -0.2) is 51.7 Å². The van der Waals surface area contributed by atoms with E-state index in [1.807, 2.05) is 13.8 Å². The number of hydroxylamine groups is 2. The largest absolute Gasteiger partial charge is 0.444 e. The number of ether oxygens (including phenoxy) is 1. The van der Waals surface area contributed by atoms with Crippen LogP contribution in [-0.2, 0) is 14.7 Å². The molecule has 185 valence electrons. The predicted octanol–water partition coefficient (Wildman–Crippen LogP) is 4.60. The summed E-state index contributed by atoms with van der Waals surface area (Å²) in [5, 5.41) is 18.4. The van der Waals surface area contributed by atoms with Crippen molar-refractivity contribution in [2.45, 2.75) is 116 Å². The summed E-state index contributed by atoms with van der Waals surface area (Å²) in [6.45, 7) is 15.8. The molecular formula is C23H40F2N3O4. The van der Waals surface area contributed by atoms with Crippen molar-refractivity contribution in [3.63, 3.8) is 0 Å². The molecule has 0 saturated carbocycles. The Hall–Kier alpha value is -1.74. The van der Waals surface area contributed by atoms with Gasteiger partial charge in [0, 0.05) is 17.1 Å². The van der Waals surface area contributed by atoms with Crippen molar-refractivity contribution in [2.75, 3.05) is 0 Å². The highest BCUT2D eigenvalue weighted by molar-refractivity contribution is 5.85. The number of carbonyl (C=O) groups is 2. The average molecular weight is 461 g/mol. The van der Waals surface area contributed by atoms with Gasteiger partial charge in [-0.2, -0.15) is 8.78 Å². The number of halogens is 2. The zero-order valence-electron chi connectivity index (χ0n) is 20.8. The van der Waals surface area contributed by atoms with Crippen LogP contribution >= 0.6 is 0 Å². The van der Waals surface area contributed by atoms with E-state index in [9.17, 15) is 23.6 Å². The topological polar surface area (TPSA) is 90.6 Å². The normalized spacial score (nSPS) is 20.9. The molecule has 7 nitrogen and oxygen atoms in total. The van der Waals surface area contributed by atoms with E-state index in [0.29, 0.717) is 12.5 Å². The number of carbonyl (C=O) groups excluding carboxylic acids is 2. The summed E-state index contributed by atoms with van der Waals surface area (Å²) in [7, 11) is 0. The van der Waals surface area contributed by atoms with Crippen molar-refractivity contribution >= 4 is 12.0 Å². The molecule has 0 unspecified atom stereocenters. The number of nitrogens with zero attached hydrogens (tertiary/aromatic N) is 1. The first-order valence-corrected chi connectivity index (χ1v) is 11.1. The van der Waals surface area contributed by atoms with Crippen LogP contribution in [0.3, 0.4) is 0 Å². The second kappa shape index (κ2) is 10.0. The van der Waals surface area contributed by atoms with Crippen LogP contribution in [0.1, 0.15) is 81.6 Å². The highest BCUT2D eigenvalue weighted by atomic mass is 19.3. The summed E-state index contributed by atoms with van der Waals surface area (Å²) in [5.41, 5.74) is -2.30. The van der Waals surface area contributed by atoms with Gasteiger partial charge in [0.25, 0.3) is 5.91 Å². The molecule has 32 heavy (non-hydrogen) atoms. The lowest BCUT2D eigenvalue weighted by Crippen LogP contribution is -2.63. The third-order valence-corrected chi connectivity index (χ3v) is 5.19. The lowest BCUT2D eigenvalue weighted by Gasteiger charge is -2.50. The Labute approximate surface area is 190 Å². The number of alkyl halides is 2. The van der Waals surface area contributed by atoms with Gasteiger partial charge in [-0.25, -0.2) is 4.79 Å². The van der Waals surface area contributed by atoms with E-state index in [4.69, 9.17) is 4.74 Å². The van der Waals surface area contributed by atoms with Crippen molar-refractivity contribution in [2.24, 2.45) is 5.92 Å². The summed E-state index contributed by atoms with van der Waals surface area (Å²) >= 11 is 0. The Morgan fingerprint density at radius 3 is 2.06 bits per heavy atom. The molecule has 0 aromatic rings. The first kappa shape index (κ1) is 28.3. The van der Waals surface area contributed by atoms with Gasteiger partial charge < -0.3 is 15.4 Å². The van der Waals surface area contributed by atoms with Crippen LogP contribution in [0.15, 0.2) is 12.2 Å². The molecule has 1 aliphatic rings. The molecule has 9 heteroatoms. The Bertz CT molecular complexity index is 682. The van der Waals surface area contributed by atoms with E-state index < -0.39 is 46.7 Å². The predicted molar refractivity (Wildman–Crippen MR) is 119 cm³/mol. The lowest BCUT2D eigenvalue weighted by molar-refractivity contribution is -0.290. The highest BCUT2D eigenvalue weighted by Crippen LogP contribution is 2.37. The number of rotatable bonds is 7. The summed E-state index contributed by atoms with van der Waals surface area (Å²) < 4.78 is 34.4. The first-order valence-electron chi connectivity index (χ1n) is 11.1. The molecule has 1 saturated heterocycles. The van der Waals surface area contributed by atoms with Gasteiger partial charge in [-0.15, -0.1) is 10.3 Å². The van der Waals surface area contributed by atoms with E-state index in [0.717, 1.165) is 11.1 Å². The minimum atomic E-state index is -3.77. The molecule has 0 aromatic heterocycles. The molecule has 1 rings (SSSR count). The van der Waals surface area contributed by atoms with E-state index in [1.54, 1.807) is 48.5 Å². The fourth-order valence-corrected chi connectivity index (χ4v) is 4.11. The maximum atomic E-state index is 14.6. The number of amides is 2. The monoisotopic (exact) mass is 460 g/mol. The van der Waals surface area contributed by atoms with Crippen LogP contribution in [0.2, 0.25) is 0 Å². The lowest BCUT2D eigenvalue weighted by atomic mass is 9.79. The Morgan fingerprint density at radius 2 is 1.62 bits per heavy atom. The SMILES string of the molecule is CC(C)C[C@@H](/C=C/C(F)(F)C(=O)NC1CC(C)(C)N([O])C(C)(C)C1)NC(=O)OC(C)(C)C. The number of alkyl carbamates (subject to hydrolysis) is 1. The zero-order chi connectivity index (χ0) is 25.1. The molecule has 2 amide bonds. The molecule has 0 aliphatic carbocycles. The van der Waals surface area contributed by atoms with Crippen LogP contribution in [0, 0.1) is 5.92 Å². The maximum absolute atomic E-state index is 14.6. The molecule has 1 radical (unpaired) electrons. The second-order valence-corrected chi connectivity index (χ2v) is 11.4. The van der Waals surface area contributed by atoms with Crippen molar-refractivity contribution in [1.82, 2.24) is 15.7 Å². The van der Waals surface area contributed by atoms with Gasteiger partial charge in [0.2, 0.25) is 0 Å². The first-order chi connectivity index (χ1) is 14.2. The number of hydrogen-bond acceptors (Lipinski definition) is 4. The van der Waals surface area contributed by atoms with Gasteiger partial charge >= 0.3 is 12.0 Å². The van der Waals surface area contributed by atoms with Crippen molar-refractivity contribution in [3.05, 3.63) is 12.2 Å². The third-order valence-electron chi connectivity index (χ3n) is 5.19. The fourth-order valence-electron chi connectivity index (χ4n) is 4.11. The van der Waals surface area contributed by atoms with E-state index >= 15 is 0 Å². The quantitative estimate of drug-likeness (QED) is 0.543. The summed E-state index contributed by atoms with van der Waals surface area (Å²) in [6, 6.07) is -1.27. The van der Waals surface area contributed by atoms with Gasteiger partial charge in [-0.3, -0.25) is 4.79 Å². The molecule has 2 N–H and O–H groups in total. The van der Waals surface area contributed by atoms with Crippen LogP contribution in [0.25, 0.3) is 0 Å². The third kappa shape index (κ3) is 8.65. The van der Waals surface area contributed by atoms with Crippen molar-refractivity contribution in [3.8, 4) is 0 Å². The summed E-state index contributed by atoms with van der Waals surface area (Å²) in [6.07, 6.45) is 1.87. The van der Waals surface area contributed by atoms with Crippen molar-refractivity contribution in [1.29, 1.82) is 0 Å². The molecule has 0 bridgehead atoms. The van der Waals surface area contributed by atoms with Crippen LogP contribution < -0.4 is 10.6 Å². The molecule has 1 fully saturated rings. The van der Waals surface area contributed by atoms with Gasteiger partial charge in [-0.1, -0.05) is 19.9 Å². The van der Waals surface area contributed by atoms with Crippen molar-refractivity contribution < 1.29 is 28.3 Å². The number of piperidine rings is 1. The van der Waals surface area contributed by atoms with E-state index in [-0.39, 0.29) is 18.8 Å². The van der Waals surface area contributed by atoms with Crippen LogP contribution in [0.4, 0.5) is 13.6 Å². The average Bonchev–Trinajstić information content (AvgIpc) is 2.54. The van der Waals surface area contributed by atoms with Gasteiger partial charge in [-0.05, 0) is 79.7 Å².